The van der Waals surface area contributed by atoms with E-state index in [1.807, 2.05) is 48.2 Å². The Morgan fingerprint density at radius 1 is 0.944 bits per heavy atom. The highest BCUT2D eigenvalue weighted by molar-refractivity contribution is 9.11. The molecule has 0 aromatic heterocycles. The molecule has 0 aliphatic carbocycles. The van der Waals surface area contributed by atoms with Crippen molar-refractivity contribution in [2.24, 2.45) is 0 Å². The normalized spacial score (nSPS) is 13.3. The van der Waals surface area contributed by atoms with Gasteiger partial charge in [0.25, 0.3) is 11.8 Å². The Labute approximate surface area is 227 Å². The second-order valence-electron chi connectivity index (χ2n) is 8.43. The highest BCUT2D eigenvalue weighted by Crippen LogP contribution is 2.32. The Morgan fingerprint density at radius 3 is 2.22 bits per heavy atom. The number of aryl methyl sites for hydroxylation is 1. The van der Waals surface area contributed by atoms with Gasteiger partial charge in [0.2, 0.25) is 0 Å². The number of hydrogen-bond donors (Lipinski definition) is 1. The molecule has 0 radical (unpaired) electrons. The summed E-state index contributed by atoms with van der Waals surface area (Å²) in [4.78, 5) is 29.3. The first-order valence-corrected chi connectivity index (χ1v) is 13.1. The minimum absolute atomic E-state index is 0.0305. The fraction of sp³-hybridized carbons (Fsp3) is 0.259. The Balaban J connectivity index is 1.27. The van der Waals surface area contributed by atoms with Crippen molar-refractivity contribution in [2.45, 2.75) is 6.92 Å². The number of anilines is 2. The first-order valence-electron chi connectivity index (χ1n) is 11.5. The van der Waals surface area contributed by atoms with Gasteiger partial charge in [-0.15, -0.1) is 0 Å². The lowest BCUT2D eigenvalue weighted by molar-refractivity contribution is -0.118. The monoisotopic (exact) mass is 615 g/mol. The molecule has 9 heteroatoms. The molecule has 0 unspecified atom stereocenters. The number of nitrogens with zero attached hydrogens (tertiary/aromatic N) is 2. The lowest BCUT2D eigenvalue weighted by Crippen LogP contribution is -2.48. The molecule has 36 heavy (non-hydrogen) atoms. The van der Waals surface area contributed by atoms with Crippen LogP contribution in [0.4, 0.5) is 11.4 Å². The summed E-state index contributed by atoms with van der Waals surface area (Å²) in [5, 5.41) is 2.87. The Morgan fingerprint density at radius 2 is 1.61 bits per heavy atom. The van der Waals surface area contributed by atoms with Gasteiger partial charge in [0.1, 0.15) is 11.5 Å². The van der Waals surface area contributed by atoms with Crippen LogP contribution in [0.25, 0.3) is 0 Å². The van der Waals surface area contributed by atoms with Crippen LogP contribution >= 0.6 is 31.9 Å². The first kappa shape index (κ1) is 26.0. The van der Waals surface area contributed by atoms with Crippen LogP contribution in [0.2, 0.25) is 0 Å². The summed E-state index contributed by atoms with van der Waals surface area (Å²) in [7, 11) is 1.61. The zero-order valence-corrected chi connectivity index (χ0v) is 23.3. The smallest absolute Gasteiger partial charge is 0.262 e. The van der Waals surface area contributed by atoms with E-state index in [1.165, 1.54) is 0 Å². The summed E-state index contributed by atoms with van der Waals surface area (Å²) in [5.74, 6) is 1.18. The average Bonchev–Trinajstić information content (AvgIpc) is 2.88. The van der Waals surface area contributed by atoms with E-state index in [0.717, 1.165) is 39.0 Å². The predicted octanol–water partition coefficient (Wildman–Crippen LogP) is 5.51. The fourth-order valence-corrected chi connectivity index (χ4v) is 5.60. The number of halogens is 2. The molecule has 1 aliphatic heterocycles. The van der Waals surface area contributed by atoms with E-state index >= 15 is 0 Å². The number of ether oxygens (including phenoxy) is 2. The summed E-state index contributed by atoms with van der Waals surface area (Å²) < 4.78 is 12.6. The molecular weight excluding hydrogens is 590 g/mol. The largest absolute Gasteiger partial charge is 0.497 e. The molecule has 3 aromatic rings. The van der Waals surface area contributed by atoms with E-state index in [4.69, 9.17) is 9.47 Å². The van der Waals surface area contributed by atoms with Crippen molar-refractivity contribution in [1.29, 1.82) is 0 Å². The average molecular weight is 617 g/mol. The first-order chi connectivity index (χ1) is 17.3. The molecule has 3 aromatic carbocycles. The van der Waals surface area contributed by atoms with E-state index in [2.05, 4.69) is 42.1 Å². The van der Waals surface area contributed by atoms with Gasteiger partial charge < -0.3 is 24.6 Å². The number of methoxy groups -OCH3 is 1. The number of nitrogens with one attached hydrogen (secondary N) is 1. The topological polar surface area (TPSA) is 71.1 Å². The van der Waals surface area contributed by atoms with Gasteiger partial charge in [0.15, 0.2) is 6.61 Å². The molecule has 0 saturated carbocycles. The van der Waals surface area contributed by atoms with Crippen LogP contribution in [0.5, 0.6) is 11.5 Å². The molecule has 0 bridgehead atoms. The maximum Gasteiger partial charge on any atom is 0.262 e. The molecule has 1 saturated heterocycles. The number of carbonyl (C=O) groups excluding carboxylic acids is 2. The van der Waals surface area contributed by atoms with E-state index in [1.54, 1.807) is 31.4 Å². The third kappa shape index (κ3) is 6.39. The van der Waals surface area contributed by atoms with Crippen molar-refractivity contribution in [2.75, 3.05) is 50.1 Å². The van der Waals surface area contributed by atoms with Crippen molar-refractivity contribution in [3.8, 4) is 11.5 Å². The van der Waals surface area contributed by atoms with E-state index in [-0.39, 0.29) is 18.4 Å². The minimum atomic E-state index is -0.234. The number of benzene rings is 3. The zero-order chi connectivity index (χ0) is 25.7. The van der Waals surface area contributed by atoms with Crippen LogP contribution in [0.15, 0.2) is 69.6 Å². The maximum absolute atomic E-state index is 12.8. The summed E-state index contributed by atoms with van der Waals surface area (Å²) in [6.45, 7) is 4.60. The number of piperazine rings is 1. The SMILES string of the molecule is COc1ccc(C(=O)N2CCN(c3ccc(NC(=O)COc4c(C)cc(Br)cc4Br)cc3)CC2)cc1. The molecule has 0 spiro atoms. The van der Waals surface area contributed by atoms with Gasteiger partial charge >= 0.3 is 0 Å². The van der Waals surface area contributed by atoms with Gasteiger partial charge in [-0.3, -0.25) is 9.59 Å². The zero-order valence-electron chi connectivity index (χ0n) is 20.1. The molecule has 1 aliphatic rings. The van der Waals surface area contributed by atoms with Crippen molar-refractivity contribution >= 4 is 55.0 Å². The summed E-state index contributed by atoms with van der Waals surface area (Å²) in [5.41, 5.74) is 3.35. The van der Waals surface area contributed by atoms with E-state index in [0.29, 0.717) is 30.1 Å². The molecule has 188 valence electrons. The molecule has 4 rings (SSSR count). The fourth-order valence-electron chi connectivity index (χ4n) is 4.05. The van der Waals surface area contributed by atoms with Crippen LogP contribution in [-0.2, 0) is 4.79 Å². The lowest BCUT2D eigenvalue weighted by Gasteiger charge is -2.36. The minimum Gasteiger partial charge on any atom is -0.497 e. The van der Waals surface area contributed by atoms with Crippen LogP contribution in [0.1, 0.15) is 15.9 Å². The number of hydrogen-bond acceptors (Lipinski definition) is 5. The lowest BCUT2D eigenvalue weighted by atomic mass is 10.1. The van der Waals surface area contributed by atoms with Crippen molar-refractivity contribution < 1.29 is 19.1 Å². The Hall–Kier alpha value is -3.04. The molecule has 7 nitrogen and oxygen atoms in total. The van der Waals surface area contributed by atoms with Crippen molar-refractivity contribution in [3.63, 3.8) is 0 Å². The second-order valence-corrected chi connectivity index (χ2v) is 10.2. The molecule has 2 amide bonds. The quantitative estimate of drug-likeness (QED) is 0.379. The second kappa shape index (κ2) is 11.8. The third-order valence-corrected chi connectivity index (χ3v) is 7.01. The van der Waals surface area contributed by atoms with Gasteiger partial charge in [0, 0.05) is 47.6 Å². The van der Waals surface area contributed by atoms with Crippen LogP contribution in [0, 0.1) is 6.92 Å². The highest BCUT2D eigenvalue weighted by atomic mass is 79.9. The number of amides is 2. The molecule has 1 fully saturated rings. The van der Waals surface area contributed by atoms with Gasteiger partial charge in [0.05, 0.1) is 11.6 Å². The predicted molar refractivity (Wildman–Crippen MR) is 148 cm³/mol. The summed E-state index contributed by atoms with van der Waals surface area (Å²) in [6, 6.07) is 18.7. The maximum atomic E-state index is 12.8. The Bertz CT molecular complexity index is 1200. The Kier molecular flexibility index (Phi) is 8.53. The highest BCUT2D eigenvalue weighted by Gasteiger charge is 2.22. The number of rotatable bonds is 7. The van der Waals surface area contributed by atoms with E-state index in [9.17, 15) is 9.59 Å². The summed E-state index contributed by atoms with van der Waals surface area (Å²) >= 11 is 6.91. The van der Waals surface area contributed by atoms with Crippen molar-refractivity contribution in [1.82, 2.24) is 4.90 Å². The van der Waals surface area contributed by atoms with Crippen LogP contribution in [0.3, 0.4) is 0 Å². The van der Waals surface area contributed by atoms with Gasteiger partial charge in [-0.1, -0.05) is 15.9 Å². The van der Waals surface area contributed by atoms with Gasteiger partial charge in [-0.2, -0.15) is 0 Å². The van der Waals surface area contributed by atoms with Gasteiger partial charge in [-0.05, 0) is 89.1 Å². The molecule has 1 N–H and O–H groups in total. The van der Waals surface area contributed by atoms with Crippen LogP contribution < -0.4 is 19.7 Å². The van der Waals surface area contributed by atoms with E-state index < -0.39 is 0 Å². The van der Waals surface area contributed by atoms with Crippen molar-refractivity contribution in [3.05, 3.63) is 80.7 Å². The molecule has 0 atom stereocenters. The molecular formula is C27H27Br2N3O4. The summed E-state index contributed by atoms with van der Waals surface area (Å²) in [6.07, 6.45) is 0. The standard InChI is InChI=1S/C27H27Br2N3O4/c1-18-15-20(28)16-24(29)26(18)36-17-25(33)30-21-5-7-22(8-6-21)31-11-13-32(14-12-31)27(34)19-3-9-23(35-2)10-4-19/h3-10,15-16H,11-14,17H2,1-2H3,(H,30,33). The molecule has 1 heterocycles. The number of carbonyl (C=O) groups is 2. The third-order valence-electron chi connectivity index (χ3n) is 5.96. The van der Waals surface area contributed by atoms with Crippen LogP contribution in [-0.4, -0.2) is 56.6 Å². The van der Waals surface area contributed by atoms with Gasteiger partial charge in [-0.25, -0.2) is 0 Å².